The van der Waals surface area contributed by atoms with Crippen LogP contribution in [0.15, 0.2) is 0 Å². The van der Waals surface area contributed by atoms with Crippen LogP contribution in [-0.2, 0) is 4.43 Å². The van der Waals surface area contributed by atoms with Crippen molar-refractivity contribution in [2.75, 3.05) is 39.4 Å². The van der Waals surface area contributed by atoms with Gasteiger partial charge in [-0.2, -0.15) is 11.1 Å². The fourth-order valence-electron chi connectivity index (χ4n) is 3.22. The Kier molecular flexibility index (Phi) is 15.9. The van der Waals surface area contributed by atoms with Crippen LogP contribution in [0, 0.1) is 11.8 Å². The van der Waals surface area contributed by atoms with E-state index in [1.165, 1.54) is 45.2 Å². The van der Waals surface area contributed by atoms with Gasteiger partial charge in [-0.05, 0) is 99.7 Å². The van der Waals surface area contributed by atoms with E-state index in [1.54, 1.807) is 0 Å². The number of aliphatic hydroxyl groups excluding tert-OH is 1. The van der Waals surface area contributed by atoms with Crippen LogP contribution >= 0.6 is 11.1 Å². The monoisotopic (exact) mass is 522 g/mol. The molecule has 0 bridgehead atoms. The van der Waals surface area contributed by atoms with Crippen LogP contribution in [0.2, 0.25) is 36.3 Å². The molecular weight excluding hydrogens is 464 g/mol. The van der Waals surface area contributed by atoms with Gasteiger partial charge in [-0.25, -0.2) is 0 Å². The predicted octanol–water partition coefficient (Wildman–Crippen LogP) is 7.00. The Labute approximate surface area is 214 Å². The van der Waals surface area contributed by atoms with Crippen LogP contribution in [0.3, 0.4) is 0 Å². The normalized spacial score (nSPS) is 19.3. The van der Waals surface area contributed by atoms with Gasteiger partial charge >= 0.3 is 0 Å². The van der Waals surface area contributed by atoms with E-state index >= 15 is 0 Å². The molecule has 0 aromatic carbocycles. The largest absolute Gasteiger partial charge is 0.417 e. The molecule has 0 amide bonds. The molecule has 33 heavy (non-hydrogen) atoms. The zero-order valence-corrected chi connectivity index (χ0v) is 26.6. The number of halogens is 1. The molecule has 2 aliphatic rings. The summed E-state index contributed by atoms with van der Waals surface area (Å²) in [6.45, 7) is 28.6. The Morgan fingerprint density at radius 2 is 1.12 bits per heavy atom. The topological polar surface area (TPSA) is 53.5 Å². The SMILES string of the molecule is CC(C)(C)[Si](C)(C)Cl.CC(C)(C)[Si](C)(C)OCCC1CCNCC1.OCCC1CCNCC1. The standard InChI is InChI=1S/C13H29NOSi.C7H15NO.C6H15ClSi/c1-13(2,3)16(4,5)15-11-8-12-6-9-14-10-7-12;9-6-3-7-1-4-8-5-2-7;1-6(2,3)8(4,5)7/h12,14H,6-11H2,1-5H3;7-9H,1-6H2;1-5H3. The summed E-state index contributed by atoms with van der Waals surface area (Å²) in [5.74, 6) is 1.68. The maximum atomic E-state index is 8.60. The Morgan fingerprint density at radius 3 is 1.42 bits per heavy atom. The lowest BCUT2D eigenvalue weighted by Gasteiger charge is -2.36. The summed E-state index contributed by atoms with van der Waals surface area (Å²) >= 11 is 6.15. The molecule has 4 nitrogen and oxygen atoms in total. The highest BCUT2D eigenvalue weighted by Crippen LogP contribution is 2.38. The molecule has 0 aliphatic carbocycles. The lowest BCUT2D eigenvalue weighted by Crippen LogP contribution is -2.41. The number of hydrogen-bond donors (Lipinski definition) is 3. The Balaban J connectivity index is 0.000000511. The number of rotatable bonds is 6. The Bertz CT molecular complexity index is 473. The maximum Gasteiger partial charge on any atom is 0.191 e. The number of nitrogens with one attached hydrogen (secondary N) is 2. The van der Waals surface area contributed by atoms with Gasteiger partial charge in [0.25, 0.3) is 0 Å². The van der Waals surface area contributed by atoms with Crippen LogP contribution in [0.1, 0.15) is 80.1 Å². The third kappa shape index (κ3) is 15.3. The second-order valence-electron chi connectivity index (χ2n) is 13.0. The van der Waals surface area contributed by atoms with Crippen LogP contribution in [0.25, 0.3) is 0 Å². The van der Waals surface area contributed by atoms with Gasteiger partial charge in [-0.1, -0.05) is 54.6 Å². The third-order valence-electron chi connectivity index (χ3n) is 8.03. The first-order valence-corrected chi connectivity index (χ1v) is 20.3. The highest BCUT2D eigenvalue weighted by atomic mass is 35.6. The predicted molar refractivity (Wildman–Crippen MR) is 154 cm³/mol. The number of piperidine rings is 2. The van der Waals surface area contributed by atoms with Crippen LogP contribution in [-0.4, -0.2) is 60.2 Å². The number of hydrogen-bond acceptors (Lipinski definition) is 4. The molecule has 0 aromatic rings. The van der Waals surface area contributed by atoms with Crippen LogP contribution in [0.4, 0.5) is 0 Å². The van der Waals surface area contributed by atoms with E-state index in [2.05, 4.69) is 78.4 Å². The summed E-state index contributed by atoms with van der Waals surface area (Å²) in [4.78, 5) is 0. The van der Waals surface area contributed by atoms with Crippen molar-refractivity contribution in [1.29, 1.82) is 0 Å². The molecule has 0 unspecified atom stereocenters. The summed E-state index contributed by atoms with van der Waals surface area (Å²) in [5.41, 5.74) is 0. The highest BCUT2D eigenvalue weighted by Gasteiger charge is 2.37. The molecule has 3 N–H and O–H groups in total. The van der Waals surface area contributed by atoms with E-state index in [1.807, 2.05) is 0 Å². The van der Waals surface area contributed by atoms with Crippen molar-refractivity contribution in [2.24, 2.45) is 11.8 Å². The van der Waals surface area contributed by atoms with Gasteiger partial charge in [0, 0.05) is 13.2 Å². The van der Waals surface area contributed by atoms with E-state index in [-0.39, 0.29) is 0 Å². The molecule has 2 saturated heterocycles. The molecule has 2 fully saturated rings. The average molecular weight is 523 g/mol. The van der Waals surface area contributed by atoms with Gasteiger partial charge in [-0.3, -0.25) is 0 Å². The van der Waals surface area contributed by atoms with E-state index in [0.29, 0.717) is 16.7 Å². The van der Waals surface area contributed by atoms with Gasteiger partial charge in [0.05, 0.1) is 0 Å². The van der Waals surface area contributed by atoms with E-state index in [4.69, 9.17) is 20.6 Å². The van der Waals surface area contributed by atoms with Gasteiger partial charge in [-0.15, -0.1) is 0 Å². The van der Waals surface area contributed by atoms with Gasteiger partial charge in [0.2, 0.25) is 0 Å². The van der Waals surface area contributed by atoms with E-state index in [0.717, 1.165) is 38.0 Å². The lowest BCUT2D eigenvalue weighted by molar-refractivity contribution is 0.234. The molecule has 2 rings (SSSR count). The van der Waals surface area contributed by atoms with Gasteiger partial charge in [0.15, 0.2) is 15.7 Å². The summed E-state index contributed by atoms with van der Waals surface area (Å²) in [6, 6.07) is 0. The van der Waals surface area contributed by atoms with Crippen LogP contribution < -0.4 is 10.6 Å². The summed E-state index contributed by atoms with van der Waals surface area (Å²) < 4.78 is 6.22. The minimum absolute atomic E-state index is 0.342. The Morgan fingerprint density at radius 1 is 0.758 bits per heavy atom. The van der Waals surface area contributed by atoms with Crippen molar-refractivity contribution in [3.8, 4) is 0 Å². The molecular formula is C26H59ClN2O2Si2. The smallest absolute Gasteiger partial charge is 0.191 e. The van der Waals surface area contributed by atoms with Crippen molar-refractivity contribution < 1.29 is 9.53 Å². The molecule has 0 spiro atoms. The molecule has 200 valence electrons. The highest BCUT2D eigenvalue weighted by molar-refractivity contribution is 7.20. The minimum atomic E-state index is -1.51. The van der Waals surface area contributed by atoms with Gasteiger partial charge < -0.3 is 20.2 Å². The first kappa shape index (κ1) is 33.6. The third-order valence-corrected chi connectivity index (χ3v) is 17.8. The zero-order valence-electron chi connectivity index (χ0n) is 23.9. The molecule has 0 aromatic heterocycles. The maximum absolute atomic E-state index is 8.60. The van der Waals surface area contributed by atoms with Gasteiger partial charge in [0.1, 0.15) is 0 Å². The molecule has 0 atom stereocenters. The van der Waals surface area contributed by atoms with Crippen molar-refractivity contribution in [3.05, 3.63) is 0 Å². The minimum Gasteiger partial charge on any atom is -0.417 e. The van der Waals surface area contributed by atoms with Crippen molar-refractivity contribution >= 4 is 26.8 Å². The number of aliphatic hydroxyl groups is 1. The summed E-state index contributed by atoms with van der Waals surface area (Å²) in [5, 5.41) is 16.0. The van der Waals surface area contributed by atoms with Crippen LogP contribution in [0.5, 0.6) is 0 Å². The first-order valence-electron chi connectivity index (χ1n) is 13.4. The second kappa shape index (κ2) is 15.6. The van der Waals surface area contributed by atoms with E-state index in [9.17, 15) is 0 Å². The average Bonchev–Trinajstić information content (AvgIpc) is 2.68. The van der Waals surface area contributed by atoms with E-state index < -0.39 is 15.7 Å². The fraction of sp³-hybridized carbons (Fsp3) is 1.00. The zero-order chi connectivity index (χ0) is 25.8. The molecule has 2 aliphatic heterocycles. The summed E-state index contributed by atoms with van der Waals surface area (Å²) in [6.07, 6.45) is 7.43. The molecule has 0 radical (unpaired) electrons. The van der Waals surface area contributed by atoms with Crippen molar-refractivity contribution in [2.45, 2.75) is 116 Å². The summed E-state index contributed by atoms with van der Waals surface area (Å²) in [7, 11) is -2.89. The lowest BCUT2D eigenvalue weighted by atomic mass is 9.95. The van der Waals surface area contributed by atoms with Crippen molar-refractivity contribution in [3.63, 3.8) is 0 Å². The fourth-order valence-corrected chi connectivity index (χ4v) is 4.28. The molecule has 0 saturated carbocycles. The second-order valence-corrected chi connectivity index (χ2v) is 25.1. The van der Waals surface area contributed by atoms with Crippen molar-refractivity contribution in [1.82, 2.24) is 10.6 Å². The molecule has 2 heterocycles. The Hall–Kier alpha value is 0.564. The first-order chi connectivity index (χ1) is 15.0. The molecule has 7 heteroatoms. The quantitative estimate of drug-likeness (QED) is 0.259.